The monoisotopic (exact) mass is 291 g/mol. The molecule has 0 fully saturated rings. The molecule has 2 nitrogen and oxygen atoms in total. The van der Waals surface area contributed by atoms with Gasteiger partial charge in [-0.25, -0.2) is 4.98 Å². The lowest BCUT2D eigenvalue weighted by Crippen LogP contribution is -1.96. The van der Waals surface area contributed by atoms with Gasteiger partial charge < -0.3 is 4.74 Å². The van der Waals surface area contributed by atoms with Gasteiger partial charge in [-0.1, -0.05) is 17.2 Å². The van der Waals surface area contributed by atoms with Gasteiger partial charge in [0.05, 0.1) is 18.3 Å². The van der Waals surface area contributed by atoms with Gasteiger partial charge in [-0.05, 0) is 69.2 Å². The number of ether oxygens (including phenoxy) is 1. The Balaban J connectivity index is 2.29. The lowest BCUT2D eigenvalue weighted by molar-refractivity contribution is 0.415. The van der Waals surface area contributed by atoms with Gasteiger partial charge >= 0.3 is 0 Å². The summed E-state index contributed by atoms with van der Waals surface area (Å²) >= 11 is 0. The van der Waals surface area contributed by atoms with E-state index in [1.807, 2.05) is 12.1 Å². The van der Waals surface area contributed by atoms with Crippen LogP contribution in [0.15, 0.2) is 36.4 Å². The molecule has 3 rings (SSSR count). The van der Waals surface area contributed by atoms with Crippen molar-refractivity contribution in [2.45, 2.75) is 27.7 Å². The first-order valence-corrected chi connectivity index (χ1v) is 7.53. The summed E-state index contributed by atoms with van der Waals surface area (Å²) in [6.45, 7) is 8.56. The second-order valence-corrected chi connectivity index (χ2v) is 5.97. The highest BCUT2D eigenvalue weighted by Crippen LogP contribution is 2.31. The summed E-state index contributed by atoms with van der Waals surface area (Å²) in [6, 6.07) is 12.7. The topological polar surface area (TPSA) is 22.1 Å². The summed E-state index contributed by atoms with van der Waals surface area (Å²) in [5.74, 6) is 0.871. The van der Waals surface area contributed by atoms with Crippen molar-refractivity contribution in [3.8, 4) is 17.0 Å². The number of pyridine rings is 1. The Bertz CT molecular complexity index is 845. The van der Waals surface area contributed by atoms with Crippen LogP contribution in [0.25, 0.3) is 22.2 Å². The maximum Gasteiger partial charge on any atom is 0.119 e. The van der Waals surface area contributed by atoms with Crippen molar-refractivity contribution in [1.82, 2.24) is 4.98 Å². The van der Waals surface area contributed by atoms with E-state index < -0.39 is 0 Å². The Morgan fingerprint density at radius 1 is 0.818 bits per heavy atom. The van der Waals surface area contributed by atoms with Crippen LogP contribution in [0, 0.1) is 27.7 Å². The van der Waals surface area contributed by atoms with E-state index in [0.717, 1.165) is 22.3 Å². The van der Waals surface area contributed by atoms with E-state index in [-0.39, 0.29) is 0 Å². The molecule has 0 aliphatic carbocycles. The zero-order chi connectivity index (χ0) is 15.9. The molecule has 0 amide bonds. The van der Waals surface area contributed by atoms with Crippen molar-refractivity contribution >= 4 is 10.9 Å². The zero-order valence-corrected chi connectivity index (χ0v) is 13.8. The van der Waals surface area contributed by atoms with Gasteiger partial charge in [0.1, 0.15) is 5.75 Å². The Hall–Kier alpha value is -2.35. The number of methoxy groups -OCH3 is 1. The predicted octanol–water partition coefficient (Wildman–Crippen LogP) is 5.14. The van der Waals surface area contributed by atoms with E-state index in [0.29, 0.717) is 0 Å². The fourth-order valence-electron chi connectivity index (χ4n) is 3.02. The molecule has 0 bridgehead atoms. The third-order valence-electron chi connectivity index (χ3n) is 4.25. The Morgan fingerprint density at radius 2 is 1.50 bits per heavy atom. The lowest BCUT2D eigenvalue weighted by atomic mass is 9.97. The molecule has 1 aromatic heterocycles. The first-order valence-electron chi connectivity index (χ1n) is 7.53. The van der Waals surface area contributed by atoms with E-state index in [1.54, 1.807) is 7.11 Å². The van der Waals surface area contributed by atoms with Crippen molar-refractivity contribution in [2.24, 2.45) is 0 Å². The van der Waals surface area contributed by atoms with Gasteiger partial charge in [0, 0.05) is 10.9 Å². The van der Waals surface area contributed by atoms with Gasteiger partial charge in [0.15, 0.2) is 0 Å². The Kier molecular flexibility index (Phi) is 3.61. The quantitative estimate of drug-likeness (QED) is 0.652. The SMILES string of the molecule is COc1ccc2nc(-c3cc(C)cc(C)c3)c(C)c(C)c2c1. The molecule has 3 aromatic rings. The summed E-state index contributed by atoms with van der Waals surface area (Å²) < 4.78 is 5.34. The summed E-state index contributed by atoms with van der Waals surface area (Å²) in [5.41, 5.74) is 8.30. The van der Waals surface area contributed by atoms with Crippen LogP contribution in [-0.4, -0.2) is 12.1 Å². The van der Waals surface area contributed by atoms with Crippen LogP contribution in [0.2, 0.25) is 0 Å². The minimum Gasteiger partial charge on any atom is -0.497 e. The van der Waals surface area contributed by atoms with Crippen molar-refractivity contribution in [3.63, 3.8) is 0 Å². The highest BCUT2D eigenvalue weighted by Gasteiger charge is 2.12. The van der Waals surface area contributed by atoms with E-state index in [9.17, 15) is 0 Å². The van der Waals surface area contributed by atoms with Crippen molar-refractivity contribution in [1.29, 1.82) is 0 Å². The van der Waals surface area contributed by atoms with E-state index >= 15 is 0 Å². The minimum absolute atomic E-state index is 0.871. The van der Waals surface area contributed by atoms with E-state index in [2.05, 4.69) is 52.0 Å². The van der Waals surface area contributed by atoms with E-state index in [1.165, 1.54) is 27.8 Å². The Morgan fingerprint density at radius 3 is 2.14 bits per heavy atom. The van der Waals surface area contributed by atoms with Gasteiger partial charge in [-0.2, -0.15) is 0 Å². The molecule has 0 N–H and O–H groups in total. The number of aryl methyl sites for hydroxylation is 3. The normalized spacial score (nSPS) is 11.0. The predicted molar refractivity (Wildman–Crippen MR) is 92.7 cm³/mol. The van der Waals surface area contributed by atoms with Crippen LogP contribution in [-0.2, 0) is 0 Å². The maximum absolute atomic E-state index is 5.34. The van der Waals surface area contributed by atoms with Gasteiger partial charge in [-0.15, -0.1) is 0 Å². The lowest BCUT2D eigenvalue weighted by Gasteiger charge is -2.13. The van der Waals surface area contributed by atoms with Crippen molar-refractivity contribution in [3.05, 3.63) is 58.7 Å². The molecule has 0 aliphatic rings. The first kappa shape index (κ1) is 14.6. The molecule has 0 saturated heterocycles. The number of benzene rings is 2. The molecule has 0 saturated carbocycles. The second kappa shape index (κ2) is 5.45. The number of aromatic nitrogens is 1. The van der Waals surface area contributed by atoms with Crippen LogP contribution in [0.3, 0.4) is 0 Å². The summed E-state index contributed by atoms with van der Waals surface area (Å²) in [6.07, 6.45) is 0. The van der Waals surface area contributed by atoms with Gasteiger partial charge in [0.2, 0.25) is 0 Å². The van der Waals surface area contributed by atoms with Crippen molar-refractivity contribution < 1.29 is 4.74 Å². The fraction of sp³-hybridized carbons (Fsp3) is 0.250. The molecular formula is C20H21NO. The van der Waals surface area contributed by atoms with Crippen LogP contribution >= 0.6 is 0 Å². The van der Waals surface area contributed by atoms with Crippen molar-refractivity contribution in [2.75, 3.05) is 7.11 Å². The number of fused-ring (bicyclic) bond motifs is 1. The van der Waals surface area contributed by atoms with Crippen LogP contribution in [0.5, 0.6) is 5.75 Å². The van der Waals surface area contributed by atoms with Crippen LogP contribution in [0.1, 0.15) is 22.3 Å². The molecule has 0 aliphatic heterocycles. The smallest absolute Gasteiger partial charge is 0.119 e. The van der Waals surface area contributed by atoms with Gasteiger partial charge in [0.25, 0.3) is 0 Å². The molecule has 0 unspecified atom stereocenters. The molecule has 0 spiro atoms. The molecule has 0 radical (unpaired) electrons. The zero-order valence-electron chi connectivity index (χ0n) is 13.8. The molecule has 1 heterocycles. The average molecular weight is 291 g/mol. The minimum atomic E-state index is 0.871. The average Bonchev–Trinajstić information content (AvgIpc) is 2.49. The number of hydrogen-bond acceptors (Lipinski definition) is 2. The summed E-state index contributed by atoms with van der Waals surface area (Å²) in [4.78, 5) is 4.91. The molecular weight excluding hydrogens is 270 g/mol. The highest BCUT2D eigenvalue weighted by atomic mass is 16.5. The number of nitrogens with zero attached hydrogens (tertiary/aromatic N) is 1. The summed E-state index contributed by atoms with van der Waals surface area (Å²) in [7, 11) is 1.70. The Labute approximate surface area is 131 Å². The molecule has 112 valence electrons. The van der Waals surface area contributed by atoms with Crippen LogP contribution < -0.4 is 4.74 Å². The third-order valence-corrected chi connectivity index (χ3v) is 4.25. The highest BCUT2D eigenvalue weighted by molar-refractivity contribution is 5.88. The van der Waals surface area contributed by atoms with E-state index in [4.69, 9.17) is 9.72 Å². The molecule has 2 heteroatoms. The fourth-order valence-corrected chi connectivity index (χ4v) is 3.02. The largest absolute Gasteiger partial charge is 0.497 e. The number of hydrogen-bond donors (Lipinski definition) is 0. The first-order chi connectivity index (χ1) is 10.5. The number of rotatable bonds is 2. The molecule has 2 aromatic carbocycles. The molecule has 22 heavy (non-hydrogen) atoms. The maximum atomic E-state index is 5.34. The van der Waals surface area contributed by atoms with Gasteiger partial charge in [-0.3, -0.25) is 0 Å². The molecule has 0 atom stereocenters. The second-order valence-electron chi connectivity index (χ2n) is 5.97. The summed E-state index contributed by atoms with van der Waals surface area (Å²) in [5, 5.41) is 1.16. The standard InChI is InChI=1S/C20H21NO/c1-12-8-13(2)10-16(9-12)20-15(4)14(3)18-11-17(22-5)6-7-19(18)21-20/h6-11H,1-5H3. The third kappa shape index (κ3) is 2.45. The van der Waals surface area contributed by atoms with Crippen LogP contribution in [0.4, 0.5) is 0 Å².